The average molecular weight is 326 g/mol. The van der Waals surface area contributed by atoms with Crippen molar-refractivity contribution in [2.24, 2.45) is 5.73 Å². The van der Waals surface area contributed by atoms with Crippen molar-refractivity contribution < 1.29 is 14.3 Å². The van der Waals surface area contributed by atoms with E-state index in [1.54, 1.807) is 7.11 Å². The number of benzene rings is 1. The van der Waals surface area contributed by atoms with E-state index in [4.69, 9.17) is 10.5 Å². The van der Waals surface area contributed by atoms with Gasteiger partial charge in [0.15, 0.2) is 5.82 Å². The van der Waals surface area contributed by atoms with E-state index in [9.17, 15) is 9.59 Å². The Bertz CT molecular complexity index is 733. The van der Waals surface area contributed by atoms with Crippen molar-refractivity contribution in [3.8, 4) is 11.4 Å². The smallest absolute Gasteiger partial charge is 0.257 e. The standard InChI is InChI=1S/C17H18N4O3/c1-24-13-7-14(15(18)22)21(10-13)17(23)12-8-19-16(20-9-12)11-5-3-2-4-6-11/h2-6,8-9,13-14H,7,10H2,1H3,(H2,18,22)/t13-,14-/m0/s1. The maximum absolute atomic E-state index is 12.7. The van der Waals surface area contributed by atoms with E-state index in [0.29, 0.717) is 24.4 Å². The fourth-order valence-electron chi connectivity index (χ4n) is 2.80. The van der Waals surface area contributed by atoms with Crippen molar-refractivity contribution in [2.45, 2.75) is 18.6 Å². The molecule has 1 fully saturated rings. The molecule has 0 aliphatic carbocycles. The molecule has 24 heavy (non-hydrogen) atoms. The lowest BCUT2D eigenvalue weighted by atomic mass is 10.2. The van der Waals surface area contributed by atoms with E-state index in [1.807, 2.05) is 30.3 Å². The molecule has 2 amide bonds. The number of likely N-dealkylation sites (tertiary alicyclic amines) is 1. The van der Waals surface area contributed by atoms with Crippen molar-refractivity contribution in [3.05, 3.63) is 48.3 Å². The van der Waals surface area contributed by atoms with Gasteiger partial charge in [-0.3, -0.25) is 9.59 Å². The van der Waals surface area contributed by atoms with Gasteiger partial charge in [-0.2, -0.15) is 0 Å². The second-order valence-corrected chi connectivity index (χ2v) is 5.63. The third-order valence-electron chi connectivity index (χ3n) is 4.12. The quantitative estimate of drug-likeness (QED) is 0.898. The number of methoxy groups -OCH3 is 1. The summed E-state index contributed by atoms with van der Waals surface area (Å²) >= 11 is 0. The molecule has 1 aromatic heterocycles. The summed E-state index contributed by atoms with van der Waals surface area (Å²) in [6, 6.07) is 8.81. The third kappa shape index (κ3) is 3.11. The van der Waals surface area contributed by atoms with Gasteiger partial charge in [-0.1, -0.05) is 30.3 Å². The largest absolute Gasteiger partial charge is 0.380 e. The van der Waals surface area contributed by atoms with Crippen LogP contribution in [0.25, 0.3) is 11.4 Å². The molecule has 7 heteroatoms. The van der Waals surface area contributed by atoms with Crippen molar-refractivity contribution in [1.82, 2.24) is 14.9 Å². The summed E-state index contributed by atoms with van der Waals surface area (Å²) in [5, 5.41) is 0. The van der Waals surface area contributed by atoms with E-state index in [0.717, 1.165) is 5.56 Å². The van der Waals surface area contributed by atoms with Crippen LogP contribution in [-0.4, -0.2) is 52.5 Å². The average Bonchev–Trinajstić information content (AvgIpc) is 3.07. The van der Waals surface area contributed by atoms with Crippen molar-refractivity contribution in [3.63, 3.8) is 0 Å². The first kappa shape index (κ1) is 16.1. The number of carbonyl (C=O) groups excluding carboxylic acids is 2. The molecule has 2 N–H and O–H groups in total. The molecule has 3 rings (SSSR count). The van der Waals surface area contributed by atoms with Crippen LogP contribution in [0.15, 0.2) is 42.7 Å². The first-order valence-electron chi connectivity index (χ1n) is 7.60. The summed E-state index contributed by atoms with van der Waals surface area (Å²) in [5.41, 5.74) is 6.59. The van der Waals surface area contributed by atoms with Gasteiger partial charge < -0.3 is 15.4 Å². The van der Waals surface area contributed by atoms with E-state index >= 15 is 0 Å². The van der Waals surface area contributed by atoms with E-state index in [1.165, 1.54) is 17.3 Å². The summed E-state index contributed by atoms with van der Waals surface area (Å²) in [4.78, 5) is 34.2. The first-order valence-corrected chi connectivity index (χ1v) is 7.60. The van der Waals surface area contributed by atoms with Gasteiger partial charge in [0.1, 0.15) is 6.04 Å². The molecular weight excluding hydrogens is 308 g/mol. The minimum atomic E-state index is -0.670. The molecular formula is C17H18N4O3. The summed E-state index contributed by atoms with van der Waals surface area (Å²) < 4.78 is 5.25. The molecule has 1 saturated heterocycles. The Balaban J connectivity index is 1.81. The Morgan fingerprint density at radius 1 is 1.21 bits per heavy atom. The number of ether oxygens (including phenoxy) is 1. The van der Waals surface area contributed by atoms with Gasteiger partial charge in [0.25, 0.3) is 5.91 Å². The highest BCUT2D eigenvalue weighted by molar-refractivity contribution is 5.97. The van der Waals surface area contributed by atoms with E-state index < -0.39 is 11.9 Å². The number of nitrogens with zero attached hydrogens (tertiary/aromatic N) is 3. The Hall–Kier alpha value is -2.80. The molecule has 1 aliphatic heterocycles. The Kier molecular flexibility index (Phi) is 4.52. The van der Waals surface area contributed by atoms with E-state index in [-0.39, 0.29) is 12.0 Å². The Labute approximate surface area is 139 Å². The molecule has 0 radical (unpaired) electrons. The number of aromatic nitrogens is 2. The lowest BCUT2D eigenvalue weighted by Crippen LogP contribution is -2.43. The topological polar surface area (TPSA) is 98.4 Å². The predicted molar refractivity (Wildman–Crippen MR) is 86.9 cm³/mol. The molecule has 1 aromatic carbocycles. The maximum Gasteiger partial charge on any atom is 0.257 e. The number of primary amides is 1. The van der Waals surface area contributed by atoms with Crippen molar-refractivity contribution >= 4 is 11.8 Å². The van der Waals surface area contributed by atoms with Crippen molar-refractivity contribution in [2.75, 3.05) is 13.7 Å². The van der Waals surface area contributed by atoms with Crippen LogP contribution in [0.1, 0.15) is 16.8 Å². The van der Waals surface area contributed by atoms with Gasteiger partial charge >= 0.3 is 0 Å². The molecule has 0 saturated carbocycles. The van der Waals surface area contributed by atoms with Crippen molar-refractivity contribution in [1.29, 1.82) is 0 Å². The number of carbonyl (C=O) groups is 2. The van der Waals surface area contributed by atoms with Crippen LogP contribution < -0.4 is 5.73 Å². The highest BCUT2D eigenvalue weighted by Gasteiger charge is 2.39. The second-order valence-electron chi connectivity index (χ2n) is 5.63. The summed E-state index contributed by atoms with van der Waals surface area (Å²) in [6.07, 6.45) is 3.14. The minimum Gasteiger partial charge on any atom is -0.380 e. The molecule has 124 valence electrons. The SMILES string of the molecule is CO[C@H]1C[C@@H](C(N)=O)N(C(=O)c2cnc(-c3ccccc3)nc2)C1. The molecule has 0 unspecified atom stereocenters. The highest BCUT2D eigenvalue weighted by atomic mass is 16.5. The zero-order valence-electron chi connectivity index (χ0n) is 13.3. The molecule has 7 nitrogen and oxygen atoms in total. The normalized spacial score (nSPS) is 20.1. The highest BCUT2D eigenvalue weighted by Crippen LogP contribution is 2.22. The summed E-state index contributed by atoms with van der Waals surface area (Å²) in [7, 11) is 1.55. The fraction of sp³-hybridized carbons (Fsp3) is 0.294. The fourth-order valence-corrected chi connectivity index (χ4v) is 2.80. The molecule has 2 atom stereocenters. The number of hydrogen-bond acceptors (Lipinski definition) is 5. The first-order chi connectivity index (χ1) is 11.6. The number of nitrogens with two attached hydrogens (primary N) is 1. The number of amides is 2. The predicted octanol–water partition coefficient (Wildman–Crippen LogP) is 0.858. The lowest BCUT2D eigenvalue weighted by molar-refractivity contribution is -0.121. The maximum atomic E-state index is 12.7. The molecule has 1 aliphatic rings. The van der Waals surface area contributed by atoms with Crippen LogP contribution in [0.2, 0.25) is 0 Å². The lowest BCUT2D eigenvalue weighted by Gasteiger charge is -2.21. The Morgan fingerprint density at radius 2 is 1.88 bits per heavy atom. The van der Waals surface area contributed by atoms with Crippen LogP contribution in [0.3, 0.4) is 0 Å². The zero-order chi connectivity index (χ0) is 17.1. The van der Waals surface area contributed by atoms with Gasteiger partial charge in [0.05, 0.1) is 11.7 Å². The zero-order valence-corrected chi connectivity index (χ0v) is 13.3. The van der Waals surface area contributed by atoms with Gasteiger partial charge in [-0.25, -0.2) is 9.97 Å². The number of rotatable bonds is 4. The number of hydrogen-bond donors (Lipinski definition) is 1. The van der Waals surface area contributed by atoms with Crippen LogP contribution in [-0.2, 0) is 9.53 Å². The van der Waals surface area contributed by atoms with Crippen LogP contribution in [0.4, 0.5) is 0 Å². The van der Waals surface area contributed by atoms with Crippen LogP contribution >= 0.6 is 0 Å². The molecule has 0 spiro atoms. The molecule has 2 aromatic rings. The Morgan fingerprint density at radius 3 is 2.46 bits per heavy atom. The minimum absolute atomic E-state index is 0.198. The summed E-state index contributed by atoms with van der Waals surface area (Å²) in [5.74, 6) is -0.322. The van der Waals surface area contributed by atoms with Gasteiger partial charge in [0.2, 0.25) is 5.91 Å². The van der Waals surface area contributed by atoms with Gasteiger partial charge in [-0.05, 0) is 0 Å². The molecule has 0 bridgehead atoms. The second kappa shape index (κ2) is 6.76. The van der Waals surface area contributed by atoms with E-state index in [2.05, 4.69) is 9.97 Å². The molecule has 2 heterocycles. The monoisotopic (exact) mass is 326 g/mol. The van der Waals surface area contributed by atoms with Crippen LogP contribution in [0.5, 0.6) is 0 Å². The third-order valence-corrected chi connectivity index (χ3v) is 4.12. The van der Waals surface area contributed by atoms with Crippen LogP contribution in [0, 0.1) is 0 Å². The van der Waals surface area contributed by atoms with Gasteiger partial charge in [-0.15, -0.1) is 0 Å². The summed E-state index contributed by atoms with van der Waals surface area (Å²) in [6.45, 7) is 0.323. The van der Waals surface area contributed by atoms with Gasteiger partial charge in [0, 0.05) is 38.0 Å².